The van der Waals surface area contributed by atoms with Gasteiger partial charge in [-0.3, -0.25) is 9.21 Å². The number of rotatable bonds is 5. The second-order valence-electron chi connectivity index (χ2n) is 9.19. The van der Waals surface area contributed by atoms with Crippen LogP contribution in [0.2, 0.25) is 0 Å². The molecule has 2 aromatic rings. The van der Waals surface area contributed by atoms with Crippen LogP contribution in [0.25, 0.3) is 0 Å². The molecule has 1 aliphatic carbocycles. The molecule has 1 aromatic carbocycles. The average molecular weight is 462 g/mol. The van der Waals surface area contributed by atoms with Crippen molar-refractivity contribution in [2.24, 2.45) is 5.92 Å². The molecule has 1 spiro atoms. The van der Waals surface area contributed by atoms with E-state index in [0.29, 0.717) is 18.5 Å². The number of piperidine rings is 1. The first-order valence-corrected chi connectivity index (χ1v) is 13.4. The van der Waals surface area contributed by atoms with Crippen molar-refractivity contribution >= 4 is 27.0 Å². The van der Waals surface area contributed by atoms with E-state index in [4.69, 9.17) is 0 Å². The van der Waals surface area contributed by atoms with Crippen molar-refractivity contribution in [2.75, 3.05) is 10.8 Å². The van der Waals surface area contributed by atoms with Crippen LogP contribution in [0.4, 0.5) is 10.1 Å². The standard InChI is InChI=1S/C23H28FN3O2S2/c1-17-14-23(9-11-31(28,29)27(23)20-7-3-6-19(24)13-20)8-10-26(17)15-22-21(25-16-30-22)12-18-4-2-5-18/h3,6-7,9,11,13,16-18H,2,4-5,8,10,12,14-15H2,1H3/t17-,23-/m0/s1. The monoisotopic (exact) mass is 461 g/mol. The van der Waals surface area contributed by atoms with Crippen LogP contribution in [0.15, 0.2) is 41.3 Å². The molecule has 0 amide bonds. The van der Waals surface area contributed by atoms with Crippen molar-refractivity contribution in [3.05, 3.63) is 57.6 Å². The summed E-state index contributed by atoms with van der Waals surface area (Å²) in [6.07, 6.45) is 8.23. The Balaban J connectivity index is 1.34. The molecule has 1 aromatic heterocycles. The van der Waals surface area contributed by atoms with Crippen LogP contribution >= 0.6 is 11.3 Å². The number of hydrogen-bond acceptors (Lipinski definition) is 5. The predicted octanol–water partition coefficient (Wildman–Crippen LogP) is 4.71. The molecule has 0 radical (unpaired) electrons. The molecule has 5 rings (SSSR count). The average Bonchev–Trinajstić information content (AvgIpc) is 3.22. The predicted molar refractivity (Wildman–Crippen MR) is 122 cm³/mol. The molecule has 1 saturated heterocycles. The molecule has 1 saturated carbocycles. The molecule has 3 aliphatic rings. The van der Waals surface area contributed by atoms with Gasteiger partial charge in [-0.15, -0.1) is 11.3 Å². The fraction of sp³-hybridized carbons (Fsp3) is 0.522. The van der Waals surface area contributed by atoms with E-state index in [9.17, 15) is 12.8 Å². The lowest BCUT2D eigenvalue weighted by atomic mass is 9.81. The lowest BCUT2D eigenvalue weighted by Crippen LogP contribution is -2.56. The van der Waals surface area contributed by atoms with Crippen LogP contribution < -0.4 is 4.31 Å². The Morgan fingerprint density at radius 2 is 2.16 bits per heavy atom. The number of anilines is 1. The molecular formula is C23H28FN3O2S2. The van der Waals surface area contributed by atoms with Crippen LogP contribution in [-0.4, -0.2) is 36.4 Å². The summed E-state index contributed by atoms with van der Waals surface area (Å²) in [5, 5.41) is 1.29. The van der Waals surface area contributed by atoms with Crippen LogP contribution in [0.5, 0.6) is 0 Å². The van der Waals surface area contributed by atoms with Crippen LogP contribution in [0, 0.1) is 11.7 Å². The zero-order chi connectivity index (χ0) is 21.6. The largest absolute Gasteiger partial charge is 0.295 e. The summed E-state index contributed by atoms with van der Waals surface area (Å²) in [6, 6.07) is 6.09. The molecule has 8 heteroatoms. The molecular weight excluding hydrogens is 433 g/mol. The van der Waals surface area contributed by atoms with E-state index >= 15 is 0 Å². The van der Waals surface area contributed by atoms with Crippen molar-refractivity contribution in [1.29, 1.82) is 0 Å². The summed E-state index contributed by atoms with van der Waals surface area (Å²) < 4.78 is 41.1. The zero-order valence-electron chi connectivity index (χ0n) is 17.7. The van der Waals surface area contributed by atoms with Gasteiger partial charge in [-0.1, -0.05) is 25.3 Å². The zero-order valence-corrected chi connectivity index (χ0v) is 19.3. The molecule has 2 atom stereocenters. The number of halogens is 1. The highest BCUT2D eigenvalue weighted by molar-refractivity contribution is 7.96. The Bertz CT molecular complexity index is 1100. The Hall–Kier alpha value is -1.77. The van der Waals surface area contributed by atoms with Crippen molar-refractivity contribution in [3.8, 4) is 0 Å². The highest BCUT2D eigenvalue weighted by Gasteiger charge is 2.49. The van der Waals surface area contributed by atoms with E-state index in [1.807, 2.05) is 11.6 Å². The summed E-state index contributed by atoms with van der Waals surface area (Å²) in [4.78, 5) is 8.41. The molecule has 2 aliphatic heterocycles. The van der Waals surface area contributed by atoms with Gasteiger partial charge in [0.05, 0.1) is 22.4 Å². The van der Waals surface area contributed by atoms with Crippen molar-refractivity contribution < 1.29 is 12.8 Å². The van der Waals surface area contributed by atoms with E-state index in [2.05, 4.69) is 16.8 Å². The number of nitrogens with zero attached hydrogens (tertiary/aromatic N) is 3. The van der Waals surface area contributed by atoms with Gasteiger partial charge < -0.3 is 0 Å². The highest BCUT2D eigenvalue weighted by Crippen LogP contribution is 2.43. The van der Waals surface area contributed by atoms with Gasteiger partial charge in [0, 0.05) is 29.4 Å². The van der Waals surface area contributed by atoms with Crippen molar-refractivity contribution in [1.82, 2.24) is 9.88 Å². The van der Waals surface area contributed by atoms with Gasteiger partial charge in [0.25, 0.3) is 10.0 Å². The van der Waals surface area contributed by atoms with Gasteiger partial charge in [0.1, 0.15) is 5.82 Å². The van der Waals surface area contributed by atoms with E-state index in [0.717, 1.165) is 25.4 Å². The Morgan fingerprint density at radius 3 is 2.87 bits per heavy atom. The van der Waals surface area contributed by atoms with E-state index in [-0.39, 0.29) is 6.04 Å². The number of sulfonamides is 1. The molecule has 5 nitrogen and oxygen atoms in total. The number of hydrogen-bond donors (Lipinski definition) is 0. The summed E-state index contributed by atoms with van der Waals surface area (Å²) >= 11 is 1.73. The topological polar surface area (TPSA) is 53.5 Å². The third-order valence-corrected chi connectivity index (χ3v) is 9.56. The fourth-order valence-electron chi connectivity index (χ4n) is 5.22. The SMILES string of the molecule is C[C@H]1C[C@@]2(C=CS(=O)(=O)N2c2cccc(F)c2)CCN1Cc1scnc1CC1CCC1. The maximum absolute atomic E-state index is 13.9. The quantitative estimate of drug-likeness (QED) is 0.647. The van der Waals surface area contributed by atoms with Gasteiger partial charge in [-0.2, -0.15) is 0 Å². The molecule has 31 heavy (non-hydrogen) atoms. The van der Waals surface area contributed by atoms with Crippen molar-refractivity contribution in [3.63, 3.8) is 0 Å². The van der Waals surface area contributed by atoms with E-state index in [1.54, 1.807) is 23.5 Å². The number of aromatic nitrogens is 1. The Kier molecular flexibility index (Phi) is 5.43. The third kappa shape index (κ3) is 3.94. The minimum absolute atomic E-state index is 0.196. The van der Waals surface area contributed by atoms with Gasteiger partial charge in [0.2, 0.25) is 0 Å². The lowest BCUT2D eigenvalue weighted by Gasteiger charge is -2.47. The minimum atomic E-state index is -3.61. The van der Waals surface area contributed by atoms with E-state index < -0.39 is 21.4 Å². The highest BCUT2D eigenvalue weighted by atomic mass is 32.2. The third-order valence-electron chi connectivity index (χ3n) is 7.13. The summed E-state index contributed by atoms with van der Waals surface area (Å²) in [6.45, 7) is 3.81. The lowest BCUT2D eigenvalue weighted by molar-refractivity contribution is 0.120. The summed E-state index contributed by atoms with van der Waals surface area (Å²) in [5.74, 6) is 0.362. The van der Waals surface area contributed by atoms with E-state index in [1.165, 1.54) is 51.7 Å². The number of benzene rings is 1. The van der Waals surface area contributed by atoms with Crippen molar-refractivity contribution in [2.45, 2.75) is 63.6 Å². The summed E-state index contributed by atoms with van der Waals surface area (Å²) in [5.41, 5.74) is 2.96. The van der Waals surface area contributed by atoms with Gasteiger partial charge in [0.15, 0.2) is 0 Å². The molecule has 0 bridgehead atoms. The fourth-order valence-corrected chi connectivity index (χ4v) is 7.72. The smallest absolute Gasteiger partial charge is 0.258 e. The minimum Gasteiger partial charge on any atom is -0.295 e. The van der Waals surface area contributed by atoms with Crippen LogP contribution in [0.3, 0.4) is 0 Å². The first-order valence-electron chi connectivity index (χ1n) is 11.0. The number of likely N-dealkylation sites (tertiary alicyclic amines) is 1. The molecule has 166 valence electrons. The molecule has 2 fully saturated rings. The Morgan fingerprint density at radius 1 is 1.32 bits per heavy atom. The van der Waals surface area contributed by atoms with Crippen LogP contribution in [-0.2, 0) is 23.0 Å². The van der Waals surface area contributed by atoms with Crippen LogP contribution in [0.1, 0.15) is 49.6 Å². The first kappa shape index (κ1) is 21.1. The Labute approximate surface area is 187 Å². The molecule has 0 N–H and O–H groups in total. The number of thiazole rings is 1. The maximum Gasteiger partial charge on any atom is 0.258 e. The first-order chi connectivity index (χ1) is 14.9. The molecule has 3 heterocycles. The van der Waals surface area contributed by atoms with Gasteiger partial charge >= 0.3 is 0 Å². The second kappa shape index (κ2) is 7.98. The van der Waals surface area contributed by atoms with Gasteiger partial charge in [-0.25, -0.2) is 17.8 Å². The maximum atomic E-state index is 13.9. The second-order valence-corrected chi connectivity index (χ2v) is 11.8. The summed E-state index contributed by atoms with van der Waals surface area (Å²) in [7, 11) is -3.61. The normalized spacial score (nSPS) is 28.3. The van der Waals surface area contributed by atoms with Gasteiger partial charge in [-0.05, 0) is 56.4 Å². The molecule has 0 unspecified atom stereocenters.